The van der Waals surface area contributed by atoms with Gasteiger partial charge in [-0.1, -0.05) is 60.7 Å². The van der Waals surface area contributed by atoms with Crippen LogP contribution in [0.5, 0.6) is 0 Å². The van der Waals surface area contributed by atoms with Gasteiger partial charge in [-0.3, -0.25) is 4.79 Å². The number of carboxylic acid groups (broad SMARTS) is 1. The van der Waals surface area contributed by atoms with E-state index >= 15 is 0 Å². The van der Waals surface area contributed by atoms with Crippen LogP contribution in [0.4, 0.5) is 0 Å². The number of ether oxygens (including phenoxy) is 2. The Morgan fingerprint density at radius 3 is 1.96 bits per heavy atom. The highest BCUT2D eigenvalue weighted by Crippen LogP contribution is 2.25. The molecule has 132 valence electrons. The van der Waals surface area contributed by atoms with Gasteiger partial charge in [-0.2, -0.15) is 0 Å². The Morgan fingerprint density at radius 2 is 1.52 bits per heavy atom. The number of carboxylic acids is 1. The van der Waals surface area contributed by atoms with Gasteiger partial charge in [0.15, 0.2) is 6.10 Å². The highest BCUT2D eigenvalue weighted by molar-refractivity contribution is 5.79. The number of carbonyl (C=O) groups excluding carboxylic acids is 1. The summed E-state index contributed by atoms with van der Waals surface area (Å²) in [6.45, 7) is -0.306. The number of hydrogen-bond donors (Lipinski definition) is 2. The zero-order valence-electron chi connectivity index (χ0n) is 13.9. The summed E-state index contributed by atoms with van der Waals surface area (Å²) in [6.07, 6.45) is -1.46. The van der Waals surface area contributed by atoms with Crippen molar-refractivity contribution >= 4 is 11.9 Å². The molecule has 0 aliphatic heterocycles. The van der Waals surface area contributed by atoms with Gasteiger partial charge in [0.25, 0.3) is 0 Å². The van der Waals surface area contributed by atoms with E-state index in [1.165, 1.54) is 7.11 Å². The zero-order chi connectivity index (χ0) is 18.1. The molecule has 2 rings (SSSR count). The van der Waals surface area contributed by atoms with Gasteiger partial charge >= 0.3 is 5.97 Å². The molecule has 0 heterocycles. The van der Waals surface area contributed by atoms with Crippen LogP contribution in [0.15, 0.2) is 60.7 Å². The van der Waals surface area contributed by atoms with E-state index in [2.05, 4.69) is 5.32 Å². The Labute approximate surface area is 146 Å². The minimum atomic E-state index is -1.13. The van der Waals surface area contributed by atoms with Crippen molar-refractivity contribution in [3.05, 3.63) is 71.8 Å². The minimum absolute atomic E-state index is 0.116. The number of methoxy groups -OCH3 is 1. The van der Waals surface area contributed by atoms with Gasteiger partial charge in [-0.25, -0.2) is 4.79 Å². The van der Waals surface area contributed by atoms with Crippen molar-refractivity contribution in [2.24, 2.45) is 0 Å². The summed E-state index contributed by atoms with van der Waals surface area (Å²) in [4.78, 5) is 22.8. The summed E-state index contributed by atoms with van der Waals surface area (Å²) >= 11 is 0. The molecule has 2 aromatic rings. The summed E-state index contributed by atoms with van der Waals surface area (Å²) in [5.41, 5.74) is 1.86. The molecular weight excluding hydrogens is 322 g/mol. The van der Waals surface area contributed by atoms with E-state index in [0.29, 0.717) is 0 Å². The lowest BCUT2D eigenvalue weighted by Gasteiger charge is -2.19. The van der Waals surface area contributed by atoms with Gasteiger partial charge in [-0.15, -0.1) is 0 Å². The second-order valence-corrected chi connectivity index (χ2v) is 5.38. The quantitative estimate of drug-likeness (QED) is 0.727. The average molecular weight is 343 g/mol. The van der Waals surface area contributed by atoms with Crippen LogP contribution in [0.1, 0.15) is 17.2 Å². The summed E-state index contributed by atoms with van der Waals surface area (Å²) in [6, 6.07) is 19.2. The number of nitrogens with one attached hydrogen (secondary N) is 1. The second-order valence-electron chi connectivity index (χ2n) is 5.38. The van der Waals surface area contributed by atoms with Crippen LogP contribution < -0.4 is 5.32 Å². The fourth-order valence-corrected chi connectivity index (χ4v) is 2.33. The minimum Gasteiger partial charge on any atom is -0.479 e. The lowest BCUT2D eigenvalue weighted by Crippen LogP contribution is -2.39. The van der Waals surface area contributed by atoms with Crippen LogP contribution in [0.2, 0.25) is 0 Å². The third-order valence-electron chi connectivity index (χ3n) is 3.63. The molecular formula is C19H21NO5. The van der Waals surface area contributed by atoms with Crippen LogP contribution in [0.25, 0.3) is 0 Å². The van der Waals surface area contributed by atoms with E-state index in [0.717, 1.165) is 11.1 Å². The molecule has 0 aromatic heterocycles. The van der Waals surface area contributed by atoms with Gasteiger partial charge < -0.3 is 19.9 Å². The Kier molecular flexibility index (Phi) is 7.13. The smallest absolute Gasteiger partial charge is 0.334 e. The Balaban J connectivity index is 1.98. The number of aliphatic carboxylic acids is 1. The van der Waals surface area contributed by atoms with Gasteiger partial charge in [0, 0.05) is 7.11 Å². The van der Waals surface area contributed by atoms with Gasteiger partial charge in [-0.05, 0) is 11.1 Å². The molecule has 0 aliphatic carbocycles. The predicted octanol–water partition coefficient (Wildman–Crippen LogP) is 2.01. The highest BCUT2D eigenvalue weighted by atomic mass is 16.5. The maximum Gasteiger partial charge on any atom is 0.334 e. The van der Waals surface area contributed by atoms with Crippen molar-refractivity contribution in [1.29, 1.82) is 0 Å². The Morgan fingerprint density at radius 1 is 1.00 bits per heavy atom. The molecule has 0 aliphatic rings. The number of carbonyl (C=O) groups is 2. The van der Waals surface area contributed by atoms with Crippen molar-refractivity contribution in [3.8, 4) is 0 Å². The maximum absolute atomic E-state index is 12.0. The molecule has 6 nitrogen and oxygen atoms in total. The third kappa shape index (κ3) is 5.70. The Bertz CT molecular complexity index is 635. The normalized spacial score (nSPS) is 11.9. The van der Waals surface area contributed by atoms with E-state index in [9.17, 15) is 9.59 Å². The van der Waals surface area contributed by atoms with E-state index in [1.807, 2.05) is 60.7 Å². The SMILES string of the molecule is COC(CNC(=O)COC(c1ccccc1)c1ccccc1)C(=O)O. The van der Waals surface area contributed by atoms with Crippen molar-refractivity contribution in [1.82, 2.24) is 5.32 Å². The van der Waals surface area contributed by atoms with Gasteiger partial charge in [0.05, 0.1) is 6.54 Å². The summed E-state index contributed by atoms with van der Waals surface area (Å²) in [5.74, 6) is -1.53. The average Bonchev–Trinajstić information content (AvgIpc) is 2.64. The zero-order valence-corrected chi connectivity index (χ0v) is 13.9. The third-order valence-corrected chi connectivity index (χ3v) is 3.63. The topological polar surface area (TPSA) is 84.9 Å². The molecule has 0 spiro atoms. The van der Waals surface area contributed by atoms with Crippen LogP contribution >= 0.6 is 0 Å². The molecule has 1 atom stereocenters. The van der Waals surface area contributed by atoms with Crippen molar-refractivity contribution in [2.75, 3.05) is 20.3 Å². The van der Waals surface area contributed by atoms with E-state index in [1.54, 1.807) is 0 Å². The summed E-state index contributed by atoms with van der Waals surface area (Å²) in [7, 11) is 1.28. The second kappa shape index (κ2) is 9.56. The molecule has 0 bridgehead atoms. The molecule has 2 N–H and O–H groups in total. The predicted molar refractivity (Wildman–Crippen MR) is 92.1 cm³/mol. The molecule has 1 amide bonds. The number of amides is 1. The van der Waals surface area contributed by atoms with E-state index in [4.69, 9.17) is 14.6 Å². The standard InChI is InChI=1S/C19H21NO5/c1-24-16(19(22)23)12-20-17(21)13-25-18(14-8-4-2-5-9-14)15-10-6-3-7-11-15/h2-11,16,18H,12-13H2,1H3,(H,20,21)(H,22,23). The molecule has 6 heteroatoms. The fourth-order valence-electron chi connectivity index (χ4n) is 2.33. The molecule has 0 saturated heterocycles. The van der Waals surface area contributed by atoms with E-state index < -0.39 is 18.0 Å². The first-order valence-electron chi connectivity index (χ1n) is 7.85. The monoisotopic (exact) mass is 343 g/mol. The lowest BCUT2D eigenvalue weighted by atomic mass is 10.0. The number of rotatable bonds is 9. The largest absolute Gasteiger partial charge is 0.479 e. The fraction of sp³-hybridized carbons (Fsp3) is 0.263. The van der Waals surface area contributed by atoms with Crippen molar-refractivity contribution in [2.45, 2.75) is 12.2 Å². The molecule has 0 fully saturated rings. The Hall–Kier alpha value is -2.70. The summed E-state index contributed by atoms with van der Waals surface area (Å²) in [5, 5.41) is 11.4. The molecule has 1 unspecified atom stereocenters. The lowest BCUT2D eigenvalue weighted by molar-refractivity contribution is -0.148. The van der Waals surface area contributed by atoms with Crippen LogP contribution in [0, 0.1) is 0 Å². The first-order chi connectivity index (χ1) is 12.1. The number of hydrogen-bond acceptors (Lipinski definition) is 4. The van der Waals surface area contributed by atoms with Crippen molar-refractivity contribution < 1.29 is 24.2 Å². The molecule has 2 aromatic carbocycles. The first kappa shape index (κ1) is 18.6. The maximum atomic E-state index is 12.0. The van der Waals surface area contributed by atoms with Gasteiger partial charge in [0.1, 0.15) is 12.7 Å². The highest BCUT2D eigenvalue weighted by Gasteiger charge is 2.19. The van der Waals surface area contributed by atoms with Crippen LogP contribution in [-0.2, 0) is 19.1 Å². The van der Waals surface area contributed by atoms with E-state index in [-0.39, 0.29) is 19.3 Å². The van der Waals surface area contributed by atoms with Crippen LogP contribution in [0.3, 0.4) is 0 Å². The van der Waals surface area contributed by atoms with Crippen molar-refractivity contribution in [3.63, 3.8) is 0 Å². The first-order valence-corrected chi connectivity index (χ1v) is 7.85. The van der Waals surface area contributed by atoms with Gasteiger partial charge in [0.2, 0.25) is 5.91 Å². The molecule has 0 saturated carbocycles. The van der Waals surface area contributed by atoms with Crippen LogP contribution in [-0.4, -0.2) is 43.3 Å². The molecule has 25 heavy (non-hydrogen) atoms. The molecule has 0 radical (unpaired) electrons. The number of benzene rings is 2. The summed E-state index contributed by atoms with van der Waals surface area (Å²) < 4.78 is 10.6.